The lowest BCUT2D eigenvalue weighted by Crippen LogP contribution is -2.45. The van der Waals surface area contributed by atoms with Crippen LogP contribution in [0.15, 0.2) is 46.6 Å². The number of aryl methyl sites for hydroxylation is 1. The van der Waals surface area contributed by atoms with E-state index in [-0.39, 0.29) is 11.8 Å². The van der Waals surface area contributed by atoms with Crippen molar-refractivity contribution >= 4 is 23.5 Å². The number of nitrogens with zero attached hydrogens (tertiary/aromatic N) is 3. The van der Waals surface area contributed by atoms with Crippen LogP contribution in [0, 0.1) is 12.8 Å². The molecule has 1 amide bonds. The molecule has 1 aliphatic heterocycles. The number of anilines is 1. The number of nitrogens with one attached hydrogen (secondary N) is 1. The van der Waals surface area contributed by atoms with Crippen LogP contribution in [0.5, 0.6) is 0 Å². The highest BCUT2D eigenvalue weighted by Crippen LogP contribution is 2.34. The molecule has 2 fully saturated rings. The van der Waals surface area contributed by atoms with Gasteiger partial charge in [-0.05, 0) is 44.7 Å². The Morgan fingerprint density at radius 1 is 1.07 bits per heavy atom. The third kappa shape index (κ3) is 4.66. The van der Waals surface area contributed by atoms with E-state index in [1.54, 1.807) is 24.2 Å². The van der Waals surface area contributed by atoms with Gasteiger partial charge in [0, 0.05) is 36.4 Å². The molecule has 0 bridgehead atoms. The number of carbonyl (C=O) groups excluding carboxylic acids is 1. The van der Waals surface area contributed by atoms with Gasteiger partial charge in [-0.2, -0.15) is 0 Å². The van der Waals surface area contributed by atoms with Gasteiger partial charge in [0.2, 0.25) is 5.91 Å². The third-order valence-corrected chi connectivity index (χ3v) is 6.66. The molecule has 5 nitrogen and oxygen atoms in total. The van der Waals surface area contributed by atoms with E-state index in [2.05, 4.69) is 51.4 Å². The molecular weight excluding hydrogens is 368 g/mol. The van der Waals surface area contributed by atoms with Crippen molar-refractivity contribution in [2.24, 2.45) is 5.92 Å². The number of hydrogen-bond acceptors (Lipinski definition) is 5. The highest BCUT2D eigenvalue weighted by Gasteiger charge is 2.29. The number of benzene rings is 1. The summed E-state index contributed by atoms with van der Waals surface area (Å²) in [6.45, 7) is 3.73. The molecule has 148 valence electrons. The summed E-state index contributed by atoms with van der Waals surface area (Å²) in [6, 6.07) is 8.84. The van der Waals surface area contributed by atoms with Gasteiger partial charge >= 0.3 is 0 Å². The fourth-order valence-corrected chi connectivity index (χ4v) is 4.98. The van der Waals surface area contributed by atoms with Crippen molar-refractivity contribution < 1.29 is 4.79 Å². The van der Waals surface area contributed by atoms with Gasteiger partial charge in [-0.15, -0.1) is 0 Å². The summed E-state index contributed by atoms with van der Waals surface area (Å²) < 4.78 is 0. The molecule has 2 aromatic rings. The topological polar surface area (TPSA) is 58.1 Å². The first-order valence-corrected chi connectivity index (χ1v) is 11.1. The van der Waals surface area contributed by atoms with Crippen LogP contribution >= 0.6 is 11.8 Å². The highest BCUT2D eigenvalue weighted by molar-refractivity contribution is 7.99. The molecule has 1 aromatic heterocycles. The standard InChI is InChI=1S/C22H28N4OS/c1-16-8-10-19(11-9-16)28-22-20(23-12-13-24-22)26-14-4-5-17(15-26)21(27)25-18-6-2-3-7-18/h8-13,17-18H,2-7,14-15H2,1H3,(H,25,27)/t17-/m0/s1. The largest absolute Gasteiger partial charge is 0.354 e. The first-order chi connectivity index (χ1) is 13.7. The molecule has 1 atom stereocenters. The molecule has 1 N–H and O–H groups in total. The molecule has 0 radical (unpaired) electrons. The van der Waals surface area contributed by atoms with E-state index in [1.807, 2.05) is 0 Å². The first-order valence-electron chi connectivity index (χ1n) is 10.3. The van der Waals surface area contributed by atoms with E-state index >= 15 is 0 Å². The normalized spacial score (nSPS) is 20.3. The van der Waals surface area contributed by atoms with E-state index in [9.17, 15) is 4.79 Å². The minimum Gasteiger partial charge on any atom is -0.354 e. The fourth-order valence-electron chi connectivity index (χ4n) is 4.10. The predicted octanol–water partition coefficient (Wildman–Crippen LogP) is 4.21. The smallest absolute Gasteiger partial charge is 0.225 e. The second kappa shape index (κ2) is 8.95. The maximum absolute atomic E-state index is 12.8. The minimum atomic E-state index is 0.0357. The fraction of sp³-hybridized carbons (Fsp3) is 0.500. The summed E-state index contributed by atoms with van der Waals surface area (Å²) in [6.07, 6.45) is 10.2. The maximum atomic E-state index is 12.8. The Kier molecular flexibility index (Phi) is 6.15. The SMILES string of the molecule is Cc1ccc(Sc2nccnc2N2CCC[C@H](C(=O)NC3CCCC3)C2)cc1. The summed E-state index contributed by atoms with van der Waals surface area (Å²) in [7, 11) is 0. The molecule has 1 aliphatic carbocycles. The van der Waals surface area contributed by atoms with Gasteiger partial charge in [-0.1, -0.05) is 42.3 Å². The lowest BCUT2D eigenvalue weighted by atomic mass is 9.96. The molecule has 0 spiro atoms. The van der Waals surface area contributed by atoms with Crippen molar-refractivity contribution in [3.05, 3.63) is 42.2 Å². The molecule has 1 saturated heterocycles. The van der Waals surface area contributed by atoms with Gasteiger partial charge in [-0.3, -0.25) is 4.79 Å². The Balaban J connectivity index is 1.45. The van der Waals surface area contributed by atoms with Crippen LogP contribution in [0.3, 0.4) is 0 Å². The summed E-state index contributed by atoms with van der Waals surface area (Å²) in [5.74, 6) is 1.15. The van der Waals surface area contributed by atoms with Crippen molar-refractivity contribution in [2.45, 2.75) is 61.4 Å². The summed E-state index contributed by atoms with van der Waals surface area (Å²) in [4.78, 5) is 25.4. The van der Waals surface area contributed by atoms with Crippen LogP contribution < -0.4 is 10.2 Å². The molecule has 6 heteroatoms. The van der Waals surface area contributed by atoms with Crippen LogP contribution in [0.1, 0.15) is 44.1 Å². The molecule has 4 rings (SSSR count). The summed E-state index contributed by atoms with van der Waals surface area (Å²) in [5.41, 5.74) is 1.25. The van der Waals surface area contributed by atoms with Crippen LogP contribution in [-0.4, -0.2) is 35.0 Å². The van der Waals surface area contributed by atoms with Crippen molar-refractivity contribution in [1.82, 2.24) is 15.3 Å². The summed E-state index contributed by atoms with van der Waals surface area (Å²) >= 11 is 1.64. The molecular formula is C22H28N4OS. The minimum absolute atomic E-state index is 0.0357. The average Bonchev–Trinajstić information content (AvgIpc) is 3.23. The molecule has 1 saturated carbocycles. The Hall–Kier alpha value is -2.08. The van der Waals surface area contributed by atoms with Crippen LogP contribution in [-0.2, 0) is 4.79 Å². The van der Waals surface area contributed by atoms with Crippen LogP contribution in [0.25, 0.3) is 0 Å². The Morgan fingerprint density at radius 3 is 2.61 bits per heavy atom. The monoisotopic (exact) mass is 396 g/mol. The third-order valence-electron chi connectivity index (χ3n) is 5.68. The van der Waals surface area contributed by atoms with Gasteiger partial charge < -0.3 is 10.2 Å². The predicted molar refractivity (Wildman–Crippen MR) is 113 cm³/mol. The number of rotatable bonds is 5. The molecule has 2 aliphatic rings. The van der Waals surface area contributed by atoms with Crippen LogP contribution in [0.4, 0.5) is 5.82 Å². The van der Waals surface area contributed by atoms with Crippen molar-refractivity contribution in [2.75, 3.05) is 18.0 Å². The average molecular weight is 397 g/mol. The number of aromatic nitrogens is 2. The highest BCUT2D eigenvalue weighted by atomic mass is 32.2. The second-order valence-electron chi connectivity index (χ2n) is 7.88. The quantitative estimate of drug-likeness (QED) is 0.820. The summed E-state index contributed by atoms with van der Waals surface area (Å²) in [5, 5.41) is 4.18. The van der Waals surface area contributed by atoms with Crippen molar-refractivity contribution in [3.8, 4) is 0 Å². The second-order valence-corrected chi connectivity index (χ2v) is 8.94. The van der Waals surface area contributed by atoms with E-state index < -0.39 is 0 Å². The van der Waals surface area contributed by atoms with Gasteiger partial charge in [0.25, 0.3) is 0 Å². The van der Waals surface area contributed by atoms with Gasteiger partial charge in [-0.25, -0.2) is 9.97 Å². The molecule has 28 heavy (non-hydrogen) atoms. The van der Waals surface area contributed by atoms with Gasteiger partial charge in [0.15, 0.2) is 5.82 Å². The van der Waals surface area contributed by atoms with Gasteiger partial charge in [0.1, 0.15) is 5.03 Å². The van der Waals surface area contributed by atoms with E-state index in [0.29, 0.717) is 6.04 Å². The Morgan fingerprint density at radius 2 is 1.82 bits per heavy atom. The molecule has 1 aromatic carbocycles. The van der Waals surface area contributed by atoms with Crippen molar-refractivity contribution in [3.63, 3.8) is 0 Å². The lowest BCUT2D eigenvalue weighted by Gasteiger charge is -2.34. The van der Waals surface area contributed by atoms with E-state index in [4.69, 9.17) is 0 Å². The van der Waals surface area contributed by atoms with Gasteiger partial charge in [0.05, 0.1) is 5.92 Å². The molecule has 2 heterocycles. The zero-order valence-electron chi connectivity index (χ0n) is 16.4. The Labute approximate surface area is 171 Å². The van der Waals surface area contributed by atoms with E-state index in [0.717, 1.165) is 54.5 Å². The number of carbonyl (C=O) groups is 1. The lowest BCUT2D eigenvalue weighted by molar-refractivity contribution is -0.125. The zero-order valence-corrected chi connectivity index (χ0v) is 17.3. The number of piperidine rings is 1. The maximum Gasteiger partial charge on any atom is 0.225 e. The molecule has 0 unspecified atom stereocenters. The number of amides is 1. The van der Waals surface area contributed by atoms with E-state index in [1.165, 1.54) is 18.4 Å². The Bertz CT molecular complexity index is 804. The van der Waals surface area contributed by atoms with Crippen LogP contribution in [0.2, 0.25) is 0 Å². The number of hydrogen-bond donors (Lipinski definition) is 1. The zero-order chi connectivity index (χ0) is 19.3. The van der Waals surface area contributed by atoms with Crippen molar-refractivity contribution in [1.29, 1.82) is 0 Å². The first kappa shape index (κ1) is 19.2.